The molecule has 3 nitrogen and oxygen atoms in total. The van der Waals surface area contributed by atoms with Gasteiger partial charge in [-0.05, 0) is 50.6 Å². The van der Waals surface area contributed by atoms with Crippen LogP contribution in [0.3, 0.4) is 0 Å². The van der Waals surface area contributed by atoms with Crippen molar-refractivity contribution < 1.29 is 9.90 Å². The topological polar surface area (TPSA) is 40.5 Å². The van der Waals surface area contributed by atoms with Gasteiger partial charge < -0.3 is 5.11 Å². The first-order chi connectivity index (χ1) is 13.6. The Labute approximate surface area is 173 Å². The minimum absolute atomic E-state index is 0.0715. The fourth-order valence-electron chi connectivity index (χ4n) is 3.72. The zero-order chi connectivity index (χ0) is 20.6. The number of phenolic OH excluding ortho intramolecular Hbond substituents is 1. The van der Waals surface area contributed by atoms with Crippen molar-refractivity contribution in [1.82, 2.24) is 4.90 Å². The van der Waals surface area contributed by atoms with Crippen LogP contribution in [0.4, 0.5) is 0 Å². The summed E-state index contributed by atoms with van der Waals surface area (Å²) in [6, 6.07) is 5.49. The minimum Gasteiger partial charge on any atom is -0.507 e. The van der Waals surface area contributed by atoms with Crippen molar-refractivity contribution in [3.63, 3.8) is 0 Å². The highest BCUT2D eigenvalue weighted by atomic mass is 16.3. The van der Waals surface area contributed by atoms with Crippen molar-refractivity contribution in [3.05, 3.63) is 29.3 Å². The van der Waals surface area contributed by atoms with E-state index < -0.39 is 0 Å². The van der Waals surface area contributed by atoms with Crippen molar-refractivity contribution in [2.45, 2.75) is 104 Å². The van der Waals surface area contributed by atoms with Gasteiger partial charge >= 0.3 is 0 Å². The summed E-state index contributed by atoms with van der Waals surface area (Å²) in [5.74, 6) is 0.0207. The van der Waals surface area contributed by atoms with Crippen molar-refractivity contribution in [3.8, 4) is 5.75 Å². The molecule has 0 fully saturated rings. The van der Waals surface area contributed by atoms with Gasteiger partial charge in [0.25, 0.3) is 0 Å². The first-order valence-corrected chi connectivity index (χ1v) is 11.6. The molecular weight excluding hydrogens is 346 g/mol. The van der Waals surface area contributed by atoms with Gasteiger partial charge in [0.05, 0.1) is 5.56 Å². The van der Waals surface area contributed by atoms with Crippen molar-refractivity contribution in [1.29, 1.82) is 0 Å². The summed E-state index contributed by atoms with van der Waals surface area (Å²) in [7, 11) is 0. The molecule has 28 heavy (non-hydrogen) atoms. The third-order valence-electron chi connectivity index (χ3n) is 5.50. The Balaban J connectivity index is 2.53. The van der Waals surface area contributed by atoms with Gasteiger partial charge in [0.1, 0.15) is 5.75 Å². The maximum absolute atomic E-state index is 11.7. The highest BCUT2D eigenvalue weighted by Crippen LogP contribution is 2.20. The maximum Gasteiger partial charge on any atom is 0.163 e. The Morgan fingerprint density at radius 1 is 0.821 bits per heavy atom. The molecule has 0 radical (unpaired) electrons. The second-order valence-corrected chi connectivity index (χ2v) is 8.22. The van der Waals surface area contributed by atoms with Crippen molar-refractivity contribution in [2.75, 3.05) is 13.1 Å². The van der Waals surface area contributed by atoms with E-state index in [-0.39, 0.29) is 11.5 Å². The number of unbranched alkanes of at least 4 members (excludes halogenated alkanes) is 10. The van der Waals surface area contributed by atoms with Crippen molar-refractivity contribution in [2.24, 2.45) is 0 Å². The van der Waals surface area contributed by atoms with E-state index in [4.69, 9.17) is 0 Å². The van der Waals surface area contributed by atoms with Crippen LogP contribution in [0, 0.1) is 0 Å². The van der Waals surface area contributed by atoms with Gasteiger partial charge in [0.2, 0.25) is 0 Å². The summed E-state index contributed by atoms with van der Waals surface area (Å²) in [5, 5.41) is 9.89. The van der Waals surface area contributed by atoms with Crippen LogP contribution in [0.1, 0.15) is 114 Å². The third kappa shape index (κ3) is 10.8. The first kappa shape index (κ1) is 24.7. The van der Waals surface area contributed by atoms with Crippen LogP contribution in [0.15, 0.2) is 18.2 Å². The average molecular weight is 390 g/mol. The van der Waals surface area contributed by atoms with E-state index in [9.17, 15) is 9.90 Å². The number of aromatic hydroxyl groups is 1. The fraction of sp³-hybridized carbons (Fsp3) is 0.720. The van der Waals surface area contributed by atoms with Gasteiger partial charge in [-0.2, -0.15) is 0 Å². The lowest BCUT2D eigenvalue weighted by Crippen LogP contribution is -2.26. The minimum atomic E-state index is -0.0715. The average Bonchev–Trinajstić information content (AvgIpc) is 2.68. The zero-order valence-corrected chi connectivity index (χ0v) is 18.6. The maximum atomic E-state index is 11.7. The first-order valence-electron chi connectivity index (χ1n) is 11.6. The standard InChI is InChI=1S/C25H43NO2/c1-4-6-8-10-12-14-18-26(19-15-13-11-9-7-5-2)21-23-16-17-25(28)24(20-23)22(3)27/h16-17,20,28H,4-15,18-19,21H2,1-3H3. The van der Waals surface area contributed by atoms with E-state index >= 15 is 0 Å². The van der Waals surface area contributed by atoms with Crippen LogP contribution in [0.2, 0.25) is 0 Å². The number of Topliss-reactive ketones (excluding diaryl/α,β-unsaturated/α-hetero) is 1. The lowest BCUT2D eigenvalue weighted by atomic mass is 10.1. The molecule has 0 atom stereocenters. The molecule has 0 saturated carbocycles. The van der Waals surface area contributed by atoms with Crippen molar-refractivity contribution >= 4 is 5.78 Å². The van der Waals surface area contributed by atoms with E-state index in [1.807, 2.05) is 12.1 Å². The Bertz CT molecular complexity index is 525. The molecule has 0 aliphatic heterocycles. The predicted octanol–water partition coefficient (Wildman–Crippen LogP) is 7.12. The summed E-state index contributed by atoms with van der Waals surface area (Å²) in [4.78, 5) is 14.3. The SMILES string of the molecule is CCCCCCCCN(CCCCCCCC)Cc1ccc(O)c(C(C)=O)c1. The van der Waals surface area contributed by atoms with E-state index in [1.165, 1.54) is 84.0 Å². The van der Waals surface area contributed by atoms with Gasteiger partial charge in [-0.3, -0.25) is 9.69 Å². The Kier molecular flexibility index (Phi) is 13.7. The quantitative estimate of drug-likeness (QED) is 0.228. The summed E-state index contributed by atoms with van der Waals surface area (Å²) in [6.45, 7) is 9.15. The van der Waals surface area contributed by atoms with Crippen LogP contribution in [0.25, 0.3) is 0 Å². The molecule has 0 unspecified atom stereocenters. The number of rotatable bonds is 17. The lowest BCUT2D eigenvalue weighted by molar-refractivity contribution is 0.101. The Morgan fingerprint density at radius 3 is 1.82 bits per heavy atom. The Morgan fingerprint density at radius 2 is 1.32 bits per heavy atom. The largest absolute Gasteiger partial charge is 0.507 e. The van der Waals surface area contributed by atoms with Gasteiger partial charge in [-0.1, -0.05) is 84.1 Å². The molecule has 1 aromatic carbocycles. The Hall–Kier alpha value is -1.35. The van der Waals surface area contributed by atoms with E-state index in [0.29, 0.717) is 5.56 Å². The van der Waals surface area contributed by atoms with Gasteiger partial charge in [0, 0.05) is 6.54 Å². The summed E-state index contributed by atoms with van der Waals surface area (Å²) >= 11 is 0. The van der Waals surface area contributed by atoms with Gasteiger partial charge in [-0.15, -0.1) is 0 Å². The third-order valence-corrected chi connectivity index (χ3v) is 5.50. The van der Waals surface area contributed by atoms with Crippen LogP contribution >= 0.6 is 0 Å². The molecule has 3 heteroatoms. The highest BCUT2D eigenvalue weighted by molar-refractivity contribution is 5.96. The van der Waals surface area contributed by atoms with Crippen LogP contribution in [-0.4, -0.2) is 28.9 Å². The fourth-order valence-corrected chi connectivity index (χ4v) is 3.72. The monoisotopic (exact) mass is 389 g/mol. The highest BCUT2D eigenvalue weighted by Gasteiger charge is 2.11. The molecule has 0 bridgehead atoms. The zero-order valence-electron chi connectivity index (χ0n) is 18.6. The molecule has 160 valence electrons. The number of ketones is 1. The van der Waals surface area contributed by atoms with Gasteiger partial charge in [0.15, 0.2) is 5.78 Å². The van der Waals surface area contributed by atoms with Crippen LogP contribution < -0.4 is 0 Å². The molecule has 0 amide bonds. The second-order valence-electron chi connectivity index (χ2n) is 8.22. The molecule has 0 spiro atoms. The molecule has 1 aromatic rings. The predicted molar refractivity (Wildman–Crippen MR) is 120 cm³/mol. The van der Waals surface area contributed by atoms with Crippen LogP contribution in [0.5, 0.6) is 5.75 Å². The summed E-state index contributed by atoms with van der Waals surface area (Å²) < 4.78 is 0. The van der Waals surface area contributed by atoms with Gasteiger partial charge in [-0.25, -0.2) is 0 Å². The number of carbonyl (C=O) groups is 1. The molecule has 0 saturated heterocycles. The smallest absolute Gasteiger partial charge is 0.163 e. The lowest BCUT2D eigenvalue weighted by Gasteiger charge is -2.23. The molecule has 0 aromatic heterocycles. The number of benzene rings is 1. The molecule has 0 aliphatic carbocycles. The number of hydrogen-bond donors (Lipinski definition) is 1. The summed E-state index contributed by atoms with van der Waals surface area (Å²) in [5.41, 5.74) is 1.57. The summed E-state index contributed by atoms with van der Waals surface area (Å²) in [6.07, 6.45) is 15.8. The van der Waals surface area contributed by atoms with E-state index in [2.05, 4.69) is 18.7 Å². The molecule has 0 heterocycles. The number of hydrogen-bond acceptors (Lipinski definition) is 3. The number of nitrogens with zero attached hydrogens (tertiary/aromatic N) is 1. The number of carbonyl (C=O) groups excluding carboxylic acids is 1. The number of phenols is 1. The van der Waals surface area contributed by atoms with Crippen LogP contribution in [-0.2, 0) is 6.54 Å². The normalized spacial score (nSPS) is 11.3. The molecule has 1 rings (SSSR count). The molecular formula is C25H43NO2. The molecule has 1 N–H and O–H groups in total. The molecule has 0 aliphatic rings. The van der Waals surface area contributed by atoms with E-state index in [1.54, 1.807) is 6.07 Å². The van der Waals surface area contributed by atoms with E-state index in [0.717, 1.165) is 25.2 Å². The second kappa shape index (κ2) is 15.6.